The van der Waals surface area contributed by atoms with E-state index in [0.717, 1.165) is 17.4 Å². The monoisotopic (exact) mass is 166 g/mol. The van der Waals surface area contributed by atoms with Crippen molar-refractivity contribution < 1.29 is 9.18 Å². The molecule has 0 aliphatic heterocycles. The predicted octanol–water partition coefficient (Wildman–Crippen LogP) is 2.44. The van der Waals surface area contributed by atoms with Gasteiger partial charge in [-0.25, -0.2) is 4.39 Å². The molecular weight excluding hydrogens is 155 g/mol. The Balaban J connectivity index is 3.08. The van der Waals surface area contributed by atoms with Crippen molar-refractivity contribution in [1.82, 2.24) is 0 Å². The molecule has 64 valence electrons. The Morgan fingerprint density at radius 1 is 1.42 bits per heavy atom. The Labute approximate surface area is 71.2 Å². The number of carbonyl (C=O) groups excluding carboxylic acids is 1. The lowest BCUT2D eigenvalue weighted by Crippen LogP contribution is -1.95. The Morgan fingerprint density at radius 2 is 2.08 bits per heavy atom. The van der Waals surface area contributed by atoms with E-state index in [4.69, 9.17) is 0 Å². The van der Waals surface area contributed by atoms with Gasteiger partial charge in [0.15, 0.2) is 0 Å². The molecule has 12 heavy (non-hydrogen) atoms. The molecule has 0 fully saturated rings. The summed E-state index contributed by atoms with van der Waals surface area (Å²) < 4.78 is 12.8. The van der Waals surface area contributed by atoms with Crippen molar-refractivity contribution in [2.75, 3.05) is 0 Å². The number of hydrogen-bond acceptors (Lipinski definition) is 1. The van der Waals surface area contributed by atoms with Gasteiger partial charge in [0.25, 0.3) is 0 Å². The molecule has 1 atom stereocenters. The fourth-order valence-corrected chi connectivity index (χ4v) is 1.11. The number of benzene rings is 1. The third kappa shape index (κ3) is 1.91. The smallest absolute Gasteiger partial charge is 0.127 e. The molecule has 0 saturated carbocycles. The van der Waals surface area contributed by atoms with E-state index in [9.17, 15) is 9.18 Å². The van der Waals surface area contributed by atoms with Crippen molar-refractivity contribution >= 4 is 6.29 Å². The van der Waals surface area contributed by atoms with Crippen LogP contribution in [0.2, 0.25) is 0 Å². The molecule has 0 aliphatic carbocycles. The maximum Gasteiger partial charge on any atom is 0.127 e. The zero-order valence-electron chi connectivity index (χ0n) is 7.17. The van der Waals surface area contributed by atoms with Gasteiger partial charge in [-0.05, 0) is 30.2 Å². The van der Waals surface area contributed by atoms with Gasteiger partial charge in [0.2, 0.25) is 0 Å². The summed E-state index contributed by atoms with van der Waals surface area (Å²) in [6.45, 7) is 3.56. The highest BCUT2D eigenvalue weighted by atomic mass is 19.1. The van der Waals surface area contributed by atoms with E-state index in [1.807, 2.05) is 13.0 Å². The summed E-state index contributed by atoms with van der Waals surface area (Å²) in [5.41, 5.74) is 1.58. The fraction of sp³-hybridized carbons (Fsp3) is 0.300. The highest BCUT2D eigenvalue weighted by molar-refractivity contribution is 5.61. The molecule has 0 radical (unpaired) electrons. The Morgan fingerprint density at radius 3 is 2.58 bits per heavy atom. The minimum Gasteiger partial charge on any atom is -0.303 e. The zero-order chi connectivity index (χ0) is 9.14. The summed E-state index contributed by atoms with van der Waals surface area (Å²) in [6, 6.07) is 4.66. The number of hydrogen-bond donors (Lipinski definition) is 0. The third-order valence-electron chi connectivity index (χ3n) is 1.79. The van der Waals surface area contributed by atoms with Crippen LogP contribution in [0.3, 0.4) is 0 Å². The van der Waals surface area contributed by atoms with E-state index < -0.39 is 0 Å². The van der Waals surface area contributed by atoms with Crippen LogP contribution in [-0.4, -0.2) is 6.29 Å². The van der Waals surface area contributed by atoms with Crippen LogP contribution in [0.1, 0.15) is 24.0 Å². The molecule has 0 amide bonds. The van der Waals surface area contributed by atoms with Crippen LogP contribution in [0.5, 0.6) is 0 Å². The predicted molar refractivity (Wildman–Crippen MR) is 45.6 cm³/mol. The van der Waals surface area contributed by atoms with E-state index in [2.05, 4.69) is 0 Å². The SMILES string of the molecule is Cc1cc(F)cc(C(C)C=O)c1. The van der Waals surface area contributed by atoms with Gasteiger partial charge in [0.05, 0.1) is 0 Å². The largest absolute Gasteiger partial charge is 0.303 e. The van der Waals surface area contributed by atoms with Crippen LogP contribution in [-0.2, 0) is 4.79 Å². The lowest BCUT2D eigenvalue weighted by molar-refractivity contribution is -0.108. The van der Waals surface area contributed by atoms with Gasteiger partial charge in [0.1, 0.15) is 12.1 Å². The molecule has 0 aliphatic rings. The average Bonchev–Trinajstić information content (AvgIpc) is 2.01. The maximum atomic E-state index is 12.8. The minimum absolute atomic E-state index is 0.223. The van der Waals surface area contributed by atoms with Gasteiger partial charge in [-0.15, -0.1) is 0 Å². The van der Waals surface area contributed by atoms with Gasteiger partial charge in [-0.2, -0.15) is 0 Å². The molecule has 0 saturated heterocycles. The third-order valence-corrected chi connectivity index (χ3v) is 1.79. The van der Waals surface area contributed by atoms with Crippen LogP contribution in [0.4, 0.5) is 4.39 Å². The number of carbonyl (C=O) groups is 1. The first-order chi connectivity index (χ1) is 5.63. The lowest BCUT2D eigenvalue weighted by atomic mass is 10.0. The van der Waals surface area contributed by atoms with Gasteiger partial charge >= 0.3 is 0 Å². The normalized spacial score (nSPS) is 12.6. The van der Waals surface area contributed by atoms with Crippen LogP contribution >= 0.6 is 0 Å². The second-order valence-electron chi connectivity index (χ2n) is 2.99. The Bertz CT molecular complexity index is 274. The van der Waals surface area contributed by atoms with E-state index in [1.54, 1.807) is 6.92 Å². The Hall–Kier alpha value is -1.18. The first kappa shape index (κ1) is 8.91. The second kappa shape index (κ2) is 3.48. The molecule has 1 aromatic carbocycles. The highest BCUT2D eigenvalue weighted by Gasteiger charge is 2.05. The zero-order valence-corrected chi connectivity index (χ0v) is 7.17. The molecule has 1 rings (SSSR count). The average molecular weight is 166 g/mol. The van der Waals surface area contributed by atoms with Gasteiger partial charge in [0, 0.05) is 5.92 Å². The second-order valence-corrected chi connectivity index (χ2v) is 2.99. The van der Waals surface area contributed by atoms with Crippen molar-refractivity contribution in [2.24, 2.45) is 0 Å². The highest BCUT2D eigenvalue weighted by Crippen LogP contribution is 2.15. The molecule has 0 heterocycles. The molecule has 2 heteroatoms. The first-order valence-electron chi connectivity index (χ1n) is 3.86. The van der Waals surface area contributed by atoms with Crippen LogP contribution in [0.15, 0.2) is 18.2 Å². The topological polar surface area (TPSA) is 17.1 Å². The quantitative estimate of drug-likeness (QED) is 0.617. The van der Waals surface area contributed by atoms with E-state index >= 15 is 0 Å². The summed E-state index contributed by atoms with van der Waals surface area (Å²) in [7, 11) is 0. The number of aryl methyl sites for hydroxylation is 1. The molecule has 1 unspecified atom stereocenters. The molecule has 1 aromatic rings. The maximum absolute atomic E-state index is 12.8. The van der Waals surface area contributed by atoms with Gasteiger partial charge in [-0.3, -0.25) is 0 Å². The summed E-state index contributed by atoms with van der Waals surface area (Å²) in [5.74, 6) is -0.502. The fourth-order valence-electron chi connectivity index (χ4n) is 1.11. The van der Waals surface area contributed by atoms with Crippen LogP contribution < -0.4 is 0 Å². The molecule has 0 aromatic heterocycles. The summed E-state index contributed by atoms with van der Waals surface area (Å²) in [4.78, 5) is 10.4. The van der Waals surface area contributed by atoms with Gasteiger partial charge < -0.3 is 4.79 Å². The minimum atomic E-state index is -0.279. The molecular formula is C10H11FO. The van der Waals surface area contributed by atoms with Crippen molar-refractivity contribution in [3.05, 3.63) is 35.1 Å². The Kier molecular flexibility index (Phi) is 2.58. The van der Waals surface area contributed by atoms with Crippen molar-refractivity contribution in [3.8, 4) is 0 Å². The summed E-state index contributed by atoms with van der Waals surface area (Å²) in [6.07, 6.45) is 0.814. The van der Waals surface area contributed by atoms with Crippen LogP contribution in [0, 0.1) is 12.7 Å². The molecule has 0 spiro atoms. The first-order valence-corrected chi connectivity index (χ1v) is 3.86. The van der Waals surface area contributed by atoms with Crippen molar-refractivity contribution in [2.45, 2.75) is 19.8 Å². The molecule has 0 bridgehead atoms. The lowest BCUT2D eigenvalue weighted by Gasteiger charge is -2.04. The van der Waals surface area contributed by atoms with E-state index in [0.29, 0.717) is 0 Å². The summed E-state index contributed by atoms with van der Waals surface area (Å²) in [5, 5.41) is 0. The standard InChI is InChI=1S/C10H11FO/c1-7-3-9(8(2)6-12)5-10(11)4-7/h3-6,8H,1-2H3. The molecule has 1 nitrogen and oxygen atoms in total. The summed E-state index contributed by atoms with van der Waals surface area (Å²) >= 11 is 0. The van der Waals surface area contributed by atoms with Crippen LogP contribution in [0.25, 0.3) is 0 Å². The van der Waals surface area contributed by atoms with Gasteiger partial charge in [-0.1, -0.05) is 13.0 Å². The van der Waals surface area contributed by atoms with E-state index in [-0.39, 0.29) is 11.7 Å². The van der Waals surface area contributed by atoms with Crippen molar-refractivity contribution in [3.63, 3.8) is 0 Å². The number of rotatable bonds is 2. The number of aldehydes is 1. The molecule has 0 N–H and O–H groups in total. The van der Waals surface area contributed by atoms with E-state index in [1.165, 1.54) is 12.1 Å². The van der Waals surface area contributed by atoms with Crippen molar-refractivity contribution in [1.29, 1.82) is 0 Å². The number of halogens is 1.